The number of nitrogens with one attached hydrogen (secondary N) is 1. The molecule has 0 bridgehead atoms. The summed E-state index contributed by atoms with van der Waals surface area (Å²) in [5, 5.41) is 2.97. The molecule has 1 aliphatic rings. The zero-order valence-corrected chi connectivity index (χ0v) is 17.9. The Morgan fingerprint density at radius 1 is 1.04 bits per heavy atom. The Hall–Kier alpha value is -1.92. The number of anilines is 1. The van der Waals surface area contributed by atoms with Gasteiger partial charge in [-0.1, -0.05) is 46.3 Å². The first kappa shape index (κ1) is 19.8. The van der Waals surface area contributed by atoms with Gasteiger partial charge in [0.25, 0.3) is 0 Å². The van der Waals surface area contributed by atoms with E-state index in [1.165, 1.54) is 0 Å². The van der Waals surface area contributed by atoms with Crippen LogP contribution in [0.5, 0.6) is 0 Å². The minimum absolute atomic E-state index is 0.00458. The van der Waals surface area contributed by atoms with Gasteiger partial charge in [0.15, 0.2) is 0 Å². The molecule has 1 saturated heterocycles. The molecule has 2 amide bonds. The number of carbonyl (C=O) groups excluding carboxylic acids is 2. The zero-order chi connectivity index (χ0) is 19.2. The predicted octanol–water partition coefficient (Wildman–Crippen LogP) is 5.10. The van der Waals surface area contributed by atoms with Gasteiger partial charge < -0.3 is 10.2 Å². The van der Waals surface area contributed by atoms with E-state index in [-0.39, 0.29) is 17.7 Å². The Morgan fingerprint density at radius 3 is 2.41 bits per heavy atom. The van der Waals surface area contributed by atoms with E-state index in [1.807, 2.05) is 54.6 Å². The van der Waals surface area contributed by atoms with Gasteiger partial charge in [-0.3, -0.25) is 9.59 Å². The van der Waals surface area contributed by atoms with Crippen LogP contribution in [0.1, 0.15) is 18.4 Å². The lowest BCUT2D eigenvalue weighted by Crippen LogP contribution is -2.40. The molecule has 2 aromatic carbocycles. The lowest BCUT2D eigenvalue weighted by atomic mass is 9.95. The summed E-state index contributed by atoms with van der Waals surface area (Å²) in [6, 6.07) is 15.4. The van der Waals surface area contributed by atoms with Gasteiger partial charge in [0.1, 0.15) is 0 Å². The number of likely N-dealkylation sites (tertiary alicyclic amines) is 1. The fourth-order valence-electron chi connectivity index (χ4n) is 3.02. The van der Waals surface area contributed by atoms with Gasteiger partial charge in [0.05, 0.1) is 5.69 Å². The summed E-state index contributed by atoms with van der Waals surface area (Å²) in [7, 11) is 0. The summed E-state index contributed by atoms with van der Waals surface area (Å²) in [6.07, 6.45) is 4.77. The molecule has 0 aliphatic carbocycles. The van der Waals surface area contributed by atoms with E-state index in [2.05, 4.69) is 37.2 Å². The van der Waals surface area contributed by atoms with Crippen LogP contribution < -0.4 is 5.32 Å². The number of benzene rings is 2. The van der Waals surface area contributed by atoms with Crippen molar-refractivity contribution in [3.8, 4) is 0 Å². The van der Waals surface area contributed by atoms with Crippen LogP contribution in [0.4, 0.5) is 5.69 Å². The lowest BCUT2D eigenvalue weighted by molar-refractivity contribution is -0.130. The molecule has 0 atom stereocenters. The molecule has 0 saturated carbocycles. The second-order valence-electron chi connectivity index (χ2n) is 6.46. The van der Waals surface area contributed by atoms with Crippen molar-refractivity contribution < 1.29 is 9.59 Å². The molecular formula is C21H20Br2N2O2. The smallest absolute Gasteiger partial charge is 0.246 e. The molecule has 4 nitrogen and oxygen atoms in total. The Labute approximate surface area is 175 Å². The highest BCUT2D eigenvalue weighted by molar-refractivity contribution is 9.11. The summed E-state index contributed by atoms with van der Waals surface area (Å²) < 4.78 is 1.78. The standard InChI is InChI=1S/C21H20Br2N2O2/c22-17-7-8-19(18(23)14-17)24-21(27)16-10-12-25(13-11-16)20(26)9-6-15-4-2-1-3-5-15/h1-9,14,16H,10-13H2,(H,24,27)/b9-6+. The maximum atomic E-state index is 12.5. The molecule has 3 rings (SSSR count). The second-order valence-corrected chi connectivity index (χ2v) is 8.23. The summed E-state index contributed by atoms with van der Waals surface area (Å²) in [5.41, 5.74) is 1.76. The van der Waals surface area contributed by atoms with Gasteiger partial charge in [-0.2, -0.15) is 0 Å². The molecule has 1 heterocycles. The Kier molecular flexibility index (Phi) is 6.85. The Bertz CT molecular complexity index is 845. The minimum atomic E-state index is -0.0808. The number of amides is 2. The third-order valence-electron chi connectivity index (χ3n) is 4.58. The first-order valence-corrected chi connectivity index (χ1v) is 10.4. The first-order chi connectivity index (χ1) is 13.0. The van der Waals surface area contributed by atoms with Crippen LogP contribution in [-0.4, -0.2) is 29.8 Å². The van der Waals surface area contributed by atoms with E-state index in [0.29, 0.717) is 25.9 Å². The quantitative estimate of drug-likeness (QED) is 0.604. The maximum Gasteiger partial charge on any atom is 0.246 e. The van der Waals surface area contributed by atoms with Gasteiger partial charge in [-0.25, -0.2) is 0 Å². The monoisotopic (exact) mass is 490 g/mol. The van der Waals surface area contributed by atoms with Gasteiger partial charge in [-0.15, -0.1) is 0 Å². The predicted molar refractivity (Wildman–Crippen MR) is 115 cm³/mol. The van der Waals surface area contributed by atoms with Crippen molar-refractivity contribution in [2.24, 2.45) is 5.92 Å². The molecule has 0 radical (unpaired) electrons. The molecule has 0 unspecified atom stereocenters. The highest BCUT2D eigenvalue weighted by Crippen LogP contribution is 2.27. The van der Waals surface area contributed by atoms with Crippen molar-refractivity contribution in [2.75, 3.05) is 18.4 Å². The van der Waals surface area contributed by atoms with Crippen molar-refractivity contribution in [1.29, 1.82) is 0 Å². The van der Waals surface area contributed by atoms with Crippen molar-refractivity contribution in [3.63, 3.8) is 0 Å². The maximum absolute atomic E-state index is 12.5. The second kappa shape index (κ2) is 9.33. The van der Waals surface area contributed by atoms with Crippen LogP contribution in [0.25, 0.3) is 6.08 Å². The number of hydrogen-bond acceptors (Lipinski definition) is 2. The van der Waals surface area contributed by atoms with E-state index in [4.69, 9.17) is 0 Å². The molecule has 1 fully saturated rings. The molecule has 0 spiro atoms. The number of nitrogens with zero attached hydrogens (tertiary/aromatic N) is 1. The van der Waals surface area contributed by atoms with E-state index in [1.54, 1.807) is 11.0 Å². The average molecular weight is 492 g/mol. The van der Waals surface area contributed by atoms with Crippen LogP contribution in [0, 0.1) is 5.92 Å². The van der Waals surface area contributed by atoms with Crippen LogP contribution in [0.3, 0.4) is 0 Å². The Balaban J connectivity index is 1.51. The number of halogens is 2. The summed E-state index contributed by atoms with van der Waals surface area (Å²) in [6.45, 7) is 1.19. The van der Waals surface area contributed by atoms with Crippen molar-refractivity contribution in [2.45, 2.75) is 12.8 Å². The van der Waals surface area contributed by atoms with Gasteiger partial charge in [-0.05, 0) is 58.6 Å². The largest absolute Gasteiger partial charge is 0.339 e. The van der Waals surface area contributed by atoms with E-state index in [9.17, 15) is 9.59 Å². The SMILES string of the molecule is O=C(Nc1ccc(Br)cc1Br)C1CCN(C(=O)/C=C/c2ccccc2)CC1. The molecule has 1 aliphatic heterocycles. The summed E-state index contributed by atoms with van der Waals surface area (Å²) in [5.74, 6) is -0.0824. The summed E-state index contributed by atoms with van der Waals surface area (Å²) in [4.78, 5) is 26.7. The van der Waals surface area contributed by atoms with Crippen molar-refractivity contribution in [3.05, 3.63) is 69.1 Å². The van der Waals surface area contributed by atoms with E-state index >= 15 is 0 Å². The number of rotatable bonds is 4. The van der Waals surface area contributed by atoms with Crippen LogP contribution in [0.15, 0.2) is 63.6 Å². The fourth-order valence-corrected chi connectivity index (χ4v) is 4.17. The average Bonchev–Trinajstić information content (AvgIpc) is 2.69. The molecule has 1 N–H and O–H groups in total. The third-order valence-corrected chi connectivity index (χ3v) is 5.73. The number of piperidine rings is 1. The van der Waals surface area contributed by atoms with Gasteiger partial charge >= 0.3 is 0 Å². The van der Waals surface area contributed by atoms with Crippen LogP contribution >= 0.6 is 31.9 Å². The molecule has 0 aromatic heterocycles. The highest BCUT2D eigenvalue weighted by atomic mass is 79.9. The van der Waals surface area contributed by atoms with Crippen molar-refractivity contribution >= 4 is 55.4 Å². The Morgan fingerprint density at radius 2 is 1.74 bits per heavy atom. The minimum Gasteiger partial charge on any atom is -0.339 e. The highest BCUT2D eigenvalue weighted by Gasteiger charge is 2.26. The summed E-state index contributed by atoms with van der Waals surface area (Å²) >= 11 is 6.86. The number of hydrogen-bond donors (Lipinski definition) is 1. The molecule has 6 heteroatoms. The zero-order valence-electron chi connectivity index (χ0n) is 14.7. The van der Waals surface area contributed by atoms with Crippen molar-refractivity contribution in [1.82, 2.24) is 4.90 Å². The lowest BCUT2D eigenvalue weighted by Gasteiger charge is -2.30. The molecular weight excluding hydrogens is 472 g/mol. The normalized spacial score (nSPS) is 15.1. The van der Waals surface area contributed by atoms with Crippen LogP contribution in [-0.2, 0) is 9.59 Å². The molecule has 140 valence electrons. The van der Waals surface area contributed by atoms with Crippen LogP contribution in [0.2, 0.25) is 0 Å². The first-order valence-electron chi connectivity index (χ1n) is 8.81. The van der Waals surface area contributed by atoms with Gasteiger partial charge in [0.2, 0.25) is 11.8 Å². The molecule has 2 aromatic rings. The molecule has 27 heavy (non-hydrogen) atoms. The third kappa shape index (κ3) is 5.53. The fraction of sp³-hybridized carbons (Fsp3) is 0.238. The van der Waals surface area contributed by atoms with Gasteiger partial charge in [0, 0.05) is 34.0 Å². The topological polar surface area (TPSA) is 49.4 Å². The number of carbonyl (C=O) groups is 2. The van der Waals surface area contributed by atoms with E-state index < -0.39 is 0 Å². The van der Waals surface area contributed by atoms with E-state index in [0.717, 1.165) is 20.2 Å².